The van der Waals surface area contributed by atoms with E-state index in [1.54, 1.807) is 14.2 Å². The molecule has 2 aromatic rings. The van der Waals surface area contributed by atoms with Crippen LogP contribution >= 0.6 is 0 Å². The Bertz CT molecular complexity index is 628. The smallest absolute Gasteiger partial charge is 0.193 e. The van der Waals surface area contributed by atoms with Gasteiger partial charge in [0.1, 0.15) is 5.75 Å². The van der Waals surface area contributed by atoms with Crippen LogP contribution in [0.3, 0.4) is 0 Å². The molecule has 0 spiro atoms. The third kappa shape index (κ3) is 4.98. The van der Waals surface area contributed by atoms with Crippen molar-refractivity contribution in [2.75, 3.05) is 27.7 Å². The highest BCUT2D eigenvalue weighted by Crippen LogP contribution is 2.18. The van der Waals surface area contributed by atoms with Gasteiger partial charge < -0.3 is 15.0 Å². The second-order valence-electron chi connectivity index (χ2n) is 5.21. The van der Waals surface area contributed by atoms with Crippen LogP contribution in [0.4, 0.5) is 0 Å². The summed E-state index contributed by atoms with van der Waals surface area (Å²) in [6, 6.07) is 14.0. The van der Waals surface area contributed by atoms with Gasteiger partial charge in [0.2, 0.25) is 0 Å². The van der Waals surface area contributed by atoms with Crippen molar-refractivity contribution < 1.29 is 4.74 Å². The van der Waals surface area contributed by atoms with Gasteiger partial charge in [0.05, 0.1) is 7.11 Å². The quantitative estimate of drug-likeness (QED) is 0.657. The third-order valence-electron chi connectivity index (χ3n) is 3.56. The molecule has 5 nitrogen and oxygen atoms in total. The van der Waals surface area contributed by atoms with Crippen LogP contribution in [0, 0.1) is 0 Å². The summed E-state index contributed by atoms with van der Waals surface area (Å²) in [6.07, 6.45) is 2.68. The minimum Gasteiger partial charge on any atom is -0.496 e. The highest BCUT2D eigenvalue weighted by Gasteiger charge is 2.09. The summed E-state index contributed by atoms with van der Waals surface area (Å²) in [5, 5.41) is 3.37. The van der Waals surface area contributed by atoms with Gasteiger partial charge in [-0.2, -0.15) is 0 Å². The van der Waals surface area contributed by atoms with E-state index in [-0.39, 0.29) is 0 Å². The Hall–Kier alpha value is -2.56. The molecule has 0 atom stereocenters. The van der Waals surface area contributed by atoms with E-state index in [0.717, 1.165) is 42.5 Å². The van der Waals surface area contributed by atoms with Gasteiger partial charge in [-0.15, -0.1) is 0 Å². The van der Waals surface area contributed by atoms with Crippen LogP contribution in [0.15, 0.2) is 53.7 Å². The summed E-state index contributed by atoms with van der Waals surface area (Å²) in [6.45, 7) is 1.52. The van der Waals surface area contributed by atoms with E-state index in [9.17, 15) is 0 Å². The highest BCUT2D eigenvalue weighted by atomic mass is 16.5. The van der Waals surface area contributed by atoms with Gasteiger partial charge in [0.15, 0.2) is 5.96 Å². The Morgan fingerprint density at radius 2 is 2.00 bits per heavy atom. The molecular formula is C18H24N4O. The number of hydrogen-bond acceptors (Lipinski definition) is 3. The maximum atomic E-state index is 5.40. The standard InChI is InChI=1S/C18H24N4O/c1-19-18(21-13-11-16-9-6-7-12-20-16)22(2)14-15-8-4-5-10-17(15)23-3/h4-10,12H,11,13-14H2,1-3H3,(H,19,21). The average Bonchev–Trinajstić information content (AvgIpc) is 2.60. The molecule has 0 aliphatic carbocycles. The molecule has 0 fully saturated rings. The Kier molecular flexibility index (Phi) is 6.41. The number of methoxy groups -OCH3 is 1. The molecule has 0 saturated carbocycles. The summed E-state index contributed by atoms with van der Waals surface area (Å²) in [4.78, 5) is 10.7. The molecule has 0 saturated heterocycles. The fourth-order valence-corrected chi connectivity index (χ4v) is 2.40. The molecule has 0 unspecified atom stereocenters. The van der Waals surface area contributed by atoms with Crippen LogP contribution in [-0.4, -0.2) is 43.6 Å². The molecule has 23 heavy (non-hydrogen) atoms. The Labute approximate surface area is 138 Å². The minimum absolute atomic E-state index is 0.729. The highest BCUT2D eigenvalue weighted by molar-refractivity contribution is 5.79. The van der Waals surface area contributed by atoms with Gasteiger partial charge in [-0.05, 0) is 18.2 Å². The zero-order chi connectivity index (χ0) is 16.5. The van der Waals surface area contributed by atoms with E-state index in [1.165, 1.54) is 0 Å². The zero-order valence-electron chi connectivity index (χ0n) is 14.0. The first-order valence-corrected chi connectivity index (χ1v) is 7.68. The van der Waals surface area contributed by atoms with E-state index in [4.69, 9.17) is 4.74 Å². The van der Waals surface area contributed by atoms with Crippen molar-refractivity contribution in [2.24, 2.45) is 4.99 Å². The van der Waals surface area contributed by atoms with Crippen molar-refractivity contribution in [3.8, 4) is 5.75 Å². The van der Waals surface area contributed by atoms with Crippen LogP contribution in [0.25, 0.3) is 0 Å². The number of aliphatic imine (C=N–C) groups is 1. The fourth-order valence-electron chi connectivity index (χ4n) is 2.40. The van der Waals surface area contributed by atoms with Gasteiger partial charge in [0.25, 0.3) is 0 Å². The molecule has 1 aromatic carbocycles. The summed E-state index contributed by atoms with van der Waals surface area (Å²) >= 11 is 0. The molecule has 0 aliphatic heterocycles. The number of nitrogens with zero attached hydrogens (tertiary/aromatic N) is 3. The first-order valence-electron chi connectivity index (χ1n) is 7.68. The maximum absolute atomic E-state index is 5.40. The van der Waals surface area contributed by atoms with Crippen molar-refractivity contribution in [1.29, 1.82) is 0 Å². The Balaban J connectivity index is 1.90. The van der Waals surface area contributed by atoms with Gasteiger partial charge in [-0.25, -0.2) is 0 Å². The molecular weight excluding hydrogens is 288 g/mol. The molecule has 1 aromatic heterocycles. The fraction of sp³-hybridized carbons (Fsp3) is 0.333. The Morgan fingerprint density at radius 3 is 2.70 bits per heavy atom. The summed E-state index contributed by atoms with van der Waals surface area (Å²) < 4.78 is 5.40. The minimum atomic E-state index is 0.729. The average molecular weight is 312 g/mol. The first kappa shape index (κ1) is 16.8. The molecule has 0 amide bonds. The lowest BCUT2D eigenvalue weighted by atomic mass is 10.2. The van der Waals surface area contributed by atoms with Crippen molar-refractivity contribution in [1.82, 2.24) is 15.2 Å². The number of benzene rings is 1. The van der Waals surface area contributed by atoms with Gasteiger partial charge in [-0.3, -0.25) is 9.98 Å². The number of pyridine rings is 1. The van der Waals surface area contributed by atoms with Crippen LogP contribution in [-0.2, 0) is 13.0 Å². The number of rotatable bonds is 6. The molecule has 0 bridgehead atoms. The van der Waals surface area contributed by atoms with E-state index < -0.39 is 0 Å². The van der Waals surface area contributed by atoms with Gasteiger partial charge in [0, 0.05) is 51.1 Å². The van der Waals surface area contributed by atoms with E-state index in [1.807, 2.05) is 49.6 Å². The van der Waals surface area contributed by atoms with Crippen molar-refractivity contribution in [3.05, 3.63) is 59.9 Å². The first-order chi connectivity index (χ1) is 11.2. The molecule has 1 N–H and O–H groups in total. The van der Waals surface area contributed by atoms with Crippen LogP contribution in [0.1, 0.15) is 11.3 Å². The molecule has 2 rings (SSSR count). The summed E-state index contributed by atoms with van der Waals surface area (Å²) in [5.41, 5.74) is 2.20. The molecule has 0 radical (unpaired) electrons. The molecule has 122 valence electrons. The summed E-state index contributed by atoms with van der Waals surface area (Å²) in [7, 11) is 5.50. The van der Waals surface area contributed by atoms with Gasteiger partial charge in [-0.1, -0.05) is 24.3 Å². The molecule has 5 heteroatoms. The Morgan fingerprint density at radius 1 is 1.22 bits per heavy atom. The lowest BCUT2D eigenvalue weighted by Crippen LogP contribution is -2.39. The van der Waals surface area contributed by atoms with Gasteiger partial charge >= 0.3 is 0 Å². The number of para-hydroxylation sites is 1. The number of hydrogen-bond donors (Lipinski definition) is 1. The second kappa shape index (κ2) is 8.78. The van der Waals surface area contributed by atoms with Crippen LogP contribution < -0.4 is 10.1 Å². The largest absolute Gasteiger partial charge is 0.496 e. The SMILES string of the molecule is CN=C(NCCc1ccccn1)N(C)Cc1ccccc1OC. The number of guanidine groups is 1. The van der Waals surface area contributed by atoms with E-state index in [2.05, 4.69) is 26.3 Å². The van der Waals surface area contributed by atoms with Crippen molar-refractivity contribution in [3.63, 3.8) is 0 Å². The number of nitrogens with one attached hydrogen (secondary N) is 1. The third-order valence-corrected chi connectivity index (χ3v) is 3.56. The van der Waals surface area contributed by atoms with E-state index >= 15 is 0 Å². The normalized spacial score (nSPS) is 11.2. The topological polar surface area (TPSA) is 49.8 Å². The molecule has 1 heterocycles. The maximum Gasteiger partial charge on any atom is 0.193 e. The second-order valence-corrected chi connectivity index (χ2v) is 5.21. The van der Waals surface area contributed by atoms with E-state index in [0.29, 0.717) is 0 Å². The van der Waals surface area contributed by atoms with Crippen LogP contribution in [0.5, 0.6) is 5.75 Å². The predicted molar refractivity (Wildman–Crippen MR) is 93.8 cm³/mol. The van der Waals surface area contributed by atoms with Crippen molar-refractivity contribution >= 4 is 5.96 Å². The molecule has 0 aliphatic rings. The zero-order valence-corrected chi connectivity index (χ0v) is 14.0. The summed E-state index contributed by atoms with van der Waals surface area (Å²) in [5.74, 6) is 1.75. The van der Waals surface area contributed by atoms with Crippen LogP contribution in [0.2, 0.25) is 0 Å². The predicted octanol–water partition coefficient (Wildman–Crippen LogP) is 2.34. The number of aromatic nitrogens is 1. The monoisotopic (exact) mass is 312 g/mol. The lowest BCUT2D eigenvalue weighted by molar-refractivity contribution is 0.396. The number of ether oxygens (including phenoxy) is 1. The lowest BCUT2D eigenvalue weighted by Gasteiger charge is -2.23. The van der Waals surface area contributed by atoms with Crippen molar-refractivity contribution in [2.45, 2.75) is 13.0 Å².